The minimum atomic E-state index is -0.104. The lowest BCUT2D eigenvalue weighted by Gasteiger charge is -2.36. The van der Waals surface area contributed by atoms with Crippen LogP contribution in [0.15, 0.2) is 55.1 Å². The molecule has 0 spiro atoms. The molecule has 0 saturated carbocycles. The summed E-state index contributed by atoms with van der Waals surface area (Å²) in [6, 6.07) is 13.6. The second-order valence-corrected chi connectivity index (χ2v) is 6.64. The Morgan fingerprint density at radius 3 is 2.83 bits per heavy atom. The highest BCUT2D eigenvalue weighted by atomic mass is 127. The summed E-state index contributed by atoms with van der Waals surface area (Å²) >= 11 is 2.21. The predicted molar refractivity (Wildman–Crippen MR) is 99.8 cm³/mol. The number of carbonyl (C=O) groups excluding carboxylic acids is 1. The maximum absolute atomic E-state index is 13.0. The molecule has 0 N–H and O–H groups in total. The minimum absolute atomic E-state index is 0.0568. The van der Waals surface area contributed by atoms with Gasteiger partial charge in [-0.1, -0.05) is 24.3 Å². The van der Waals surface area contributed by atoms with E-state index in [0.29, 0.717) is 6.54 Å². The molecule has 0 fully saturated rings. The van der Waals surface area contributed by atoms with Gasteiger partial charge in [0.2, 0.25) is 0 Å². The van der Waals surface area contributed by atoms with E-state index in [1.54, 1.807) is 7.11 Å². The Kier molecular flexibility index (Phi) is 4.71. The highest BCUT2D eigenvalue weighted by molar-refractivity contribution is 14.1. The number of amides is 1. The summed E-state index contributed by atoms with van der Waals surface area (Å²) in [7, 11) is 1.67. The van der Waals surface area contributed by atoms with Crippen molar-refractivity contribution in [2.45, 2.75) is 12.5 Å². The third kappa shape index (κ3) is 3.00. The van der Waals surface area contributed by atoms with Crippen LogP contribution >= 0.6 is 22.6 Å². The Labute approximate surface area is 150 Å². The van der Waals surface area contributed by atoms with E-state index in [-0.39, 0.29) is 11.9 Å². The van der Waals surface area contributed by atoms with Crippen LogP contribution in [-0.4, -0.2) is 24.5 Å². The summed E-state index contributed by atoms with van der Waals surface area (Å²) in [6.45, 7) is 4.63. The van der Waals surface area contributed by atoms with Crippen molar-refractivity contribution >= 4 is 28.5 Å². The first-order valence-electron chi connectivity index (χ1n) is 7.50. The molecule has 118 valence electrons. The van der Waals surface area contributed by atoms with E-state index in [4.69, 9.17) is 4.74 Å². The number of ether oxygens (including phenoxy) is 1. The number of halogens is 1. The van der Waals surface area contributed by atoms with Crippen LogP contribution in [-0.2, 0) is 6.42 Å². The Balaban J connectivity index is 1.97. The van der Waals surface area contributed by atoms with Gasteiger partial charge in [0.1, 0.15) is 5.75 Å². The summed E-state index contributed by atoms with van der Waals surface area (Å²) in [5.74, 6) is 0.908. The Hall–Kier alpha value is -1.82. The van der Waals surface area contributed by atoms with Gasteiger partial charge in [0.15, 0.2) is 0 Å². The Morgan fingerprint density at radius 2 is 2.13 bits per heavy atom. The molecule has 1 unspecified atom stereocenters. The summed E-state index contributed by atoms with van der Waals surface area (Å²) in [5.41, 5.74) is 3.10. The molecule has 2 aromatic carbocycles. The zero-order valence-corrected chi connectivity index (χ0v) is 15.1. The molecule has 0 saturated heterocycles. The molecule has 0 radical (unpaired) electrons. The fourth-order valence-electron chi connectivity index (χ4n) is 3.03. The fourth-order valence-corrected chi connectivity index (χ4v) is 3.65. The molecular weight excluding hydrogens is 401 g/mol. The smallest absolute Gasteiger partial charge is 0.255 e. The average molecular weight is 419 g/mol. The van der Waals surface area contributed by atoms with Crippen molar-refractivity contribution < 1.29 is 9.53 Å². The van der Waals surface area contributed by atoms with Crippen LogP contribution in [0.3, 0.4) is 0 Å². The SMILES string of the molecule is C=CC1c2ccc(OC)cc2CCN1C(=O)c1ccccc1I. The predicted octanol–water partition coefficient (Wildman–Crippen LogP) is 4.23. The quantitative estimate of drug-likeness (QED) is 0.551. The van der Waals surface area contributed by atoms with E-state index >= 15 is 0 Å². The van der Waals surface area contributed by atoms with Crippen LogP contribution in [0.25, 0.3) is 0 Å². The molecule has 1 aliphatic heterocycles. The Bertz CT molecular complexity index is 757. The lowest BCUT2D eigenvalue weighted by Crippen LogP contribution is -2.39. The summed E-state index contributed by atoms with van der Waals surface area (Å²) in [4.78, 5) is 14.9. The van der Waals surface area contributed by atoms with Gasteiger partial charge < -0.3 is 9.64 Å². The van der Waals surface area contributed by atoms with Crippen LogP contribution < -0.4 is 4.74 Å². The fraction of sp³-hybridized carbons (Fsp3) is 0.211. The van der Waals surface area contributed by atoms with Crippen molar-refractivity contribution in [3.05, 3.63) is 75.4 Å². The van der Waals surface area contributed by atoms with Crippen LogP contribution in [0.4, 0.5) is 0 Å². The first kappa shape index (κ1) is 16.1. The van der Waals surface area contributed by atoms with Gasteiger partial charge in [0.05, 0.1) is 18.7 Å². The van der Waals surface area contributed by atoms with E-state index in [0.717, 1.165) is 26.9 Å². The number of methoxy groups -OCH3 is 1. The minimum Gasteiger partial charge on any atom is -0.497 e. The number of fused-ring (bicyclic) bond motifs is 1. The molecule has 1 aliphatic rings. The first-order chi connectivity index (χ1) is 11.2. The lowest BCUT2D eigenvalue weighted by molar-refractivity contribution is 0.0699. The lowest BCUT2D eigenvalue weighted by atomic mass is 9.91. The van der Waals surface area contributed by atoms with Crippen LogP contribution in [0.2, 0.25) is 0 Å². The molecule has 2 aromatic rings. The molecule has 0 aromatic heterocycles. The number of carbonyl (C=O) groups is 1. The van der Waals surface area contributed by atoms with Crippen molar-refractivity contribution in [2.75, 3.05) is 13.7 Å². The molecule has 4 heteroatoms. The van der Waals surface area contributed by atoms with Crippen LogP contribution in [0, 0.1) is 3.57 Å². The number of hydrogen-bond donors (Lipinski definition) is 0. The van der Waals surface area contributed by atoms with Gasteiger partial charge in [0, 0.05) is 10.1 Å². The highest BCUT2D eigenvalue weighted by Gasteiger charge is 2.30. The molecule has 23 heavy (non-hydrogen) atoms. The monoisotopic (exact) mass is 419 g/mol. The van der Waals surface area contributed by atoms with Crippen molar-refractivity contribution in [3.63, 3.8) is 0 Å². The van der Waals surface area contributed by atoms with Gasteiger partial charge in [-0.3, -0.25) is 4.79 Å². The van der Waals surface area contributed by atoms with Crippen molar-refractivity contribution in [1.82, 2.24) is 4.90 Å². The van der Waals surface area contributed by atoms with Gasteiger partial charge in [-0.05, 0) is 64.4 Å². The first-order valence-corrected chi connectivity index (χ1v) is 8.58. The zero-order valence-electron chi connectivity index (χ0n) is 13.0. The second-order valence-electron chi connectivity index (χ2n) is 5.47. The third-order valence-corrected chi connectivity index (χ3v) is 5.16. The third-order valence-electron chi connectivity index (χ3n) is 4.21. The average Bonchev–Trinajstić information content (AvgIpc) is 2.60. The van der Waals surface area contributed by atoms with Gasteiger partial charge in [-0.2, -0.15) is 0 Å². The van der Waals surface area contributed by atoms with E-state index < -0.39 is 0 Å². The highest BCUT2D eigenvalue weighted by Crippen LogP contribution is 2.34. The topological polar surface area (TPSA) is 29.5 Å². The molecule has 1 atom stereocenters. The van der Waals surface area contributed by atoms with Gasteiger partial charge in [-0.25, -0.2) is 0 Å². The summed E-state index contributed by atoms with van der Waals surface area (Å²) < 4.78 is 6.27. The summed E-state index contributed by atoms with van der Waals surface area (Å²) in [5, 5.41) is 0. The van der Waals surface area contributed by atoms with Gasteiger partial charge >= 0.3 is 0 Å². The van der Waals surface area contributed by atoms with E-state index in [1.165, 1.54) is 5.56 Å². The molecule has 3 rings (SSSR count). The number of hydrogen-bond acceptors (Lipinski definition) is 2. The van der Waals surface area contributed by atoms with E-state index in [1.807, 2.05) is 47.4 Å². The van der Waals surface area contributed by atoms with Crippen LogP contribution in [0.1, 0.15) is 27.5 Å². The Morgan fingerprint density at radius 1 is 1.35 bits per heavy atom. The molecule has 1 amide bonds. The van der Waals surface area contributed by atoms with Crippen LogP contribution in [0.5, 0.6) is 5.75 Å². The van der Waals surface area contributed by atoms with Gasteiger partial charge in [0.25, 0.3) is 5.91 Å². The van der Waals surface area contributed by atoms with Gasteiger partial charge in [-0.15, -0.1) is 6.58 Å². The van der Waals surface area contributed by atoms with E-state index in [9.17, 15) is 4.79 Å². The zero-order chi connectivity index (χ0) is 16.4. The number of rotatable bonds is 3. The molecule has 3 nitrogen and oxygen atoms in total. The molecular formula is C19H18INO2. The van der Waals surface area contributed by atoms with Crippen molar-refractivity contribution in [3.8, 4) is 5.75 Å². The van der Waals surface area contributed by atoms with Crippen molar-refractivity contribution in [1.29, 1.82) is 0 Å². The largest absolute Gasteiger partial charge is 0.497 e. The molecule has 1 heterocycles. The number of nitrogens with zero attached hydrogens (tertiary/aromatic N) is 1. The standard InChI is InChI=1S/C19H18INO2/c1-3-18-15-9-8-14(23-2)12-13(15)10-11-21(18)19(22)16-6-4-5-7-17(16)20/h3-9,12,18H,1,10-11H2,2H3. The maximum atomic E-state index is 13.0. The molecule has 0 aliphatic carbocycles. The summed E-state index contributed by atoms with van der Waals surface area (Å²) in [6.07, 6.45) is 2.67. The second kappa shape index (κ2) is 6.74. The maximum Gasteiger partial charge on any atom is 0.255 e. The molecule has 0 bridgehead atoms. The number of benzene rings is 2. The normalized spacial score (nSPS) is 16.6. The van der Waals surface area contributed by atoms with E-state index in [2.05, 4.69) is 35.2 Å². The van der Waals surface area contributed by atoms with Crippen molar-refractivity contribution in [2.24, 2.45) is 0 Å².